The highest BCUT2D eigenvalue weighted by Gasteiger charge is 2.36. The maximum atomic E-state index is 6.02. The van der Waals surface area contributed by atoms with Gasteiger partial charge in [-0.25, -0.2) is 0 Å². The molecular weight excluding hydrogens is 190 g/mol. The fraction of sp³-hybridized carbons (Fsp3) is 1.00. The minimum atomic E-state index is 0.126. The molecule has 2 aliphatic rings. The van der Waals surface area contributed by atoms with E-state index < -0.39 is 0 Å². The number of rotatable bonds is 7. The Morgan fingerprint density at radius 1 is 1.20 bits per heavy atom. The minimum absolute atomic E-state index is 0.126. The quantitative estimate of drug-likeness (QED) is 0.653. The van der Waals surface area contributed by atoms with Gasteiger partial charge in [-0.15, -0.1) is 0 Å². The van der Waals surface area contributed by atoms with Crippen LogP contribution in [0.1, 0.15) is 38.5 Å². The lowest BCUT2D eigenvalue weighted by Crippen LogP contribution is -2.42. The normalized spacial score (nSPS) is 24.6. The van der Waals surface area contributed by atoms with Gasteiger partial charge in [0, 0.05) is 19.7 Å². The van der Waals surface area contributed by atoms with E-state index in [0.717, 1.165) is 19.2 Å². The van der Waals surface area contributed by atoms with E-state index in [1.165, 1.54) is 38.5 Å². The Morgan fingerprint density at radius 2 is 1.93 bits per heavy atom. The number of hydrogen-bond acceptors (Lipinski definition) is 3. The number of hydrogen-bond donors (Lipinski definition) is 1. The minimum Gasteiger partial charge on any atom is -0.382 e. The van der Waals surface area contributed by atoms with Gasteiger partial charge >= 0.3 is 0 Å². The standard InChI is InChI=1S/C12H23NO2/c1-14-8-9-15-12(6-2-3-7-12)10-13-11-4-5-11/h11,13H,2-10H2,1H3. The van der Waals surface area contributed by atoms with Crippen LogP contribution in [0, 0.1) is 0 Å². The molecule has 0 unspecified atom stereocenters. The van der Waals surface area contributed by atoms with Crippen LogP contribution >= 0.6 is 0 Å². The molecule has 0 atom stereocenters. The highest BCUT2D eigenvalue weighted by Crippen LogP contribution is 2.33. The van der Waals surface area contributed by atoms with Crippen molar-refractivity contribution in [2.75, 3.05) is 26.9 Å². The first-order valence-electron chi connectivity index (χ1n) is 6.21. The van der Waals surface area contributed by atoms with Crippen LogP contribution in [0.2, 0.25) is 0 Å². The second kappa shape index (κ2) is 5.28. The van der Waals surface area contributed by atoms with Gasteiger partial charge in [0.05, 0.1) is 18.8 Å². The summed E-state index contributed by atoms with van der Waals surface area (Å²) in [4.78, 5) is 0. The van der Waals surface area contributed by atoms with Gasteiger partial charge in [0.1, 0.15) is 0 Å². The molecule has 0 heterocycles. The lowest BCUT2D eigenvalue weighted by molar-refractivity contribution is -0.0574. The molecule has 3 nitrogen and oxygen atoms in total. The van der Waals surface area contributed by atoms with Crippen molar-refractivity contribution >= 4 is 0 Å². The molecule has 0 aliphatic heterocycles. The Balaban J connectivity index is 1.73. The summed E-state index contributed by atoms with van der Waals surface area (Å²) in [5, 5.41) is 3.60. The summed E-state index contributed by atoms with van der Waals surface area (Å²) in [6.45, 7) is 2.50. The van der Waals surface area contributed by atoms with Gasteiger partial charge in [-0.05, 0) is 25.7 Å². The smallest absolute Gasteiger partial charge is 0.0807 e. The molecule has 0 radical (unpaired) electrons. The lowest BCUT2D eigenvalue weighted by Gasteiger charge is -2.29. The second-order valence-corrected chi connectivity index (χ2v) is 4.89. The van der Waals surface area contributed by atoms with Crippen molar-refractivity contribution in [3.63, 3.8) is 0 Å². The van der Waals surface area contributed by atoms with Gasteiger partial charge in [-0.3, -0.25) is 0 Å². The SMILES string of the molecule is COCCOC1(CNC2CC2)CCCC1. The van der Waals surface area contributed by atoms with Gasteiger partial charge in [0.15, 0.2) is 0 Å². The lowest BCUT2D eigenvalue weighted by atomic mass is 10.0. The van der Waals surface area contributed by atoms with Crippen LogP contribution < -0.4 is 5.32 Å². The first-order chi connectivity index (χ1) is 7.35. The van der Waals surface area contributed by atoms with Crippen molar-refractivity contribution in [1.82, 2.24) is 5.32 Å². The first kappa shape index (κ1) is 11.4. The van der Waals surface area contributed by atoms with Crippen molar-refractivity contribution in [3.05, 3.63) is 0 Å². The highest BCUT2D eigenvalue weighted by atomic mass is 16.5. The van der Waals surface area contributed by atoms with Crippen LogP contribution in [-0.4, -0.2) is 38.5 Å². The van der Waals surface area contributed by atoms with Crippen molar-refractivity contribution < 1.29 is 9.47 Å². The third kappa shape index (κ3) is 3.44. The zero-order chi connectivity index (χ0) is 10.6. The van der Waals surface area contributed by atoms with E-state index in [1.807, 2.05) is 0 Å². The van der Waals surface area contributed by atoms with Crippen LogP contribution in [0.4, 0.5) is 0 Å². The Labute approximate surface area is 92.5 Å². The molecule has 15 heavy (non-hydrogen) atoms. The Kier molecular flexibility index (Phi) is 4.00. The van der Waals surface area contributed by atoms with E-state index in [-0.39, 0.29) is 5.60 Å². The highest BCUT2D eigenvalue weighted by molar-refractivity contribution is 4.92. The van der Waals surface area contributed by atoms with E-state index in [1.54, 1.807) is 7.11 Å². The summed E-state index contributed by atoms with van der Waals surface area (Å²) < 4.78 is 11.1. The zero-order valence-corrected chi connectivity index (χ0v) is 9.76. The van der Waals surface area contributed by atoms with Crippen LogP contribution in [-0.2, 0) is 9.47 Å². The molecule has 0 aromatic heterocycles. The molecule has 88 valence electrons. The molecule has 2 aliphatic carbocycles. The Morgan fingerprint density at radius 3 is 2.53 bits per heavy atom. The predicted octanol–water partition coefficient (Wildman–Crippen LogP) is 1.71. The van der Waals surface area contributed by atoms with Crippen molar-refractivity contribution in [3.8, 4) is 0 Å². The van der Waals surface area contributed by atoms with E-state index in [9.17, 15) is 0 Å². The average molecular weight is 213 g/mol. The second-order valence-electron chi connectivity index (χ2n) is 4.89. The molecule has 0 spiro atoms. The van der Waals surface area contributed by atoms with Crippen LogP contribution in [0.15, 0.2) is 0 Å². The Hall–Kier alpha value is -0.120. The van der Waals surface area contributed by atoms with E-state index in [0.29, 0.717) is 6.61 Å². The van der Waals surface area contributed by atoms with Crippen molar-refractivity contribution in [2.24, 2.45) is 0 Å². The molecule has 0 aromatic rings. The first-order valence-corrected chi connectivity index (χ1v) is 6.21. The molecular formula is C12H23NO2. The molecule has 0 aromatic carbocycles. The fourth-order valence-electron chi connectivity index (χ4n) is 2.35. The molecule has 0 amide bonds. The van der Waals surface area contributed by atoms with Crippen molar-refractivity contribution in [2.45, 2.75) is 50.2 Å². The molecule has 1 N–H and O–H groups in total. The largest absolute Gasteiger partial charge is 0.382 e. The number of ether oxygens (including phenoxy) is 2. The third-order valence-electron chi connectivity index (χ3n) is 3.50. The summed E-state index contributed by atoms with van der Waals surface area (Å²) in [6.07, 6.45) is 7.79. The van der Waals surface area contributed by atoms with Crippen LogP contribution in [0.3, 0.4) is 0 Å². The van der Waals surface area contributed by atoms with E-state index in [2.05, 4.69) is 5.32 Å². The summed E-state index contributed by atoms with van der Waals surface area (Å²) in [6, 6.07) is 0.786. The average Bonchev–Trinajstić information content (AvgIpc) is 2.97. The van der Waals surface area contributed by atoms with Crippen molar-refractivity contribution in [1.29, 1.82) is 0 Å². The number of methoxy groups -OCH3 is 1. The van der Waals surface area contributed by atoms with Gasteiger partial charge in [0.2, 0.25) is 0 Å². The maximum Gasteiger partial charge on any atom is 0.0807 e. The molecule has 2 fully saturated rings. The summed E-state index contributed by atoms with van der Waals surface area (Å²) >= 11 is 0. The topological polar surface area (TPSA) is 30.5 Å². The molecule has 0 saturated heterocycles. The van der Waals surface area contributed by atoms with Gasteiger partial charge < -0.3 is 14.8 Å². The monoisotopic (exact) mass is 213 g/mol. The molecule has 0 bridgehead atoms. The van der Waals surface area contributed by atoms with E-state index in [4.69, 9.17) is 9.47 Å². The fourth-order valence-corrected chi connectivity index (χ4v) is 2.35. The summed E-state index contributed by atoms with van der Waals surface area (Å²) in [5.41, 5.74) is 0.126. The molecule has 2 saturated carbocycles. The van der Waals surface area contributed by atoms with Crippen LogP contribution in [0.5, 0.6) is 0 Å². The van der Waals surface area contributed by atoms with Crippen LogP contribution in [0.25, 0.3) is 0 Å². The maximum absolute atomic E-state index is 6.02. The summed E-state index contributed by atoms with van der Waals surface area (Å²) in [7, 11) is 1.73. The summed E-state index contributed by atoms with van der Waals surface area (Å²) in [5.74, 6) is 0. The molecule has 3 heteroatoms. The Bertz CT molecular complexity index is 186. The van der Waals surface area contributed by atoms with Gasteiger partial charge in [-0.1, -0.05) is 12.8 Å². The number of nitrogens with one attached hydrogen (secondary N) is 1. The predicted molar refractivity (Wildman–Crippen MR) is 60.1 cm³/mol. The van der Waals surface area contributed by atoms with Gasteiger partial charge in [-0.2, -0.15) is 0 Å². The zero-order valence-electron chi connectivity index (χ0n) is 9.76. The van der Waals surface area contributed by atoms with Gasteiger partial charge in [0.25, 0.3) is 0 Å². The molecule has 2 rings (SSSR count). The third-order valence-corrected chi connectivity index (χ3v) is 3.50. The van der Waals surface area contributed by atoms with E-state index >= 15 is 0 Å².